The van der Waals surface area contributed by atoms with Crippen LogP contribution in [0.3, 0.4) is 0 Å². The van der Waals surface area contributed by atoms with Crippen molar-refractivity contribution in [2.24, 2.45) is 0 Å². The summed E-state index contributed by atoms with van der Waals surface area (Å²) in [5.74, 6) is -0.970. The van der Waals surface area contributed by atoms with Gasteiger partial charge in [0.25, 0.3) is 11.5 Å². The number of benzene rings is 2. The fraction of sp³-hybridized carbons (Fsp3) is 0.238. The van der Waals surface area contributed by atoms with Gasteiger partial charge < -0.3 is 15.3 Å². The van der Waals surface area contributed by atoms with Crippen LogP contribution in [-0.4, -0.2) is 22.3 Å². The highest BCUT2D eigenvalue weighted by Gasteiger charge is 2.22. The summed E-state index contributed by atoms with van der Waals surface area (Å²) in [6.07, 6.45) is 0. The molecular formula is C21H22N2O4. The second-order valence-electron chi connectivity index (χ2n) is 6.47. The van der Waals surface area contributed by atoms with E-state index < -0.39 is 11.5 Å². The van der Waals surface area contributed by atoms with Gasteiger partial charge in [-0.2, -0.15) is 0 Å². The smallest absolute Gasteiger partial charge is 0.300 e. The van der Waals surface area contributed by atoms with Crippen molar-refractivity contribution in [3.63, 3.8) is 0 Å². The Hall–Kier alpha value is -3.28. The molecule has 1 amide bonds. The Bertz CT molecular complexity index is 1050. The van der Waals surface area contributed by atoms with E-state index in [1.165, 1.54) is 0 Å². The van der Waals surface area contributed by atoms with Gasteiger partial charge in [-0.15, -0.1) is 4.73 Å². The number of rotatable bonds is 5. The molecule has 6 heteroatoms. The minimum atomic E-state index is -0.693. The molecule has 0 fully saturated rings. The molecule has 0 aliphatic carbocycles. The van der Waals surface area contributed by atoms with Gasteiger partial charge in [-0.25, -0.2) is 0 Å². The minimum absolute atomic E-state index is 0.159. The molecule has 27 heavy (non-hydrogen) atoms. The first-order valence-electron chi connectivity index (χ1n) is 8.77. The molecule has 2 N–H and O–H groups in total. The number of aromatic hydroxyl groups is 1. The van der Waals surface area contributed by atoms with Gasteiger partial charge in [-0.1, -0.05) is 41.5 Å². The number of hydrogen-bond donors (Lipinski definition) is 2. The second-order valence-corrected chi connectivity index (χ2v) is 6.47. The van der Waals surface area contributed by atoms with E-state index in [0.717, 1.165) is 21.4 Å². The number of nitrogens with one attached hydrogen (secondary N) is 1. The summed E-state index contributed by atoms with van der Waals surface area (Å²) < 4.78 is 1.08. The van der Waals surface area contributed by atoms with Gasteiger partial charge in [0, 0.05) is 11.9 Å². The molecule has 1 aromatic heterocycles. The van der Waals surface area contributed by atoms with E-state index >= 15 is 0 Å². The zero-order valence-corrected chi connectivity index (χ0v) is 15.6. The van der Waals surface area contributed by atoms with Gasteiger partial charge in [-0.05, 0) is 38.5 Å². The van der Waals surface area contributed by atoms with E-state index in [-0.39, 0.29) is 17.9 Å². The molecule has 0 saturated heterocycles. The monoisotopic (exact) mass is 366 g/mol. The number of nitrogens with zero attached hydrogens (tertiary/aromatic N) is 1. The molecular weight excluding hydrogens is 344 g/mol. The van der Waals surface area contributed by atoms with Gasteiger partial charge in [-0.3, -0.25) is 9.59 Å². The van der Waals surface area contributed by atoms with Crippen LogP contribution in [0.2, 0.25) is 0 Å². The predicted octanol–water partition coefficient (Wildman–Crippen LogP) is 2.70. The number of pyridine rings is 1. The molecule has 0 bridgehead atoms. The molecule has 1 heterocycles. The van der Waals surface area contributed by atoms with Crippen LogP contribution < -0.4 is 15.7 Å². The van der Waals surface area contributed by atoms with Gasteiger partial charge >= 0.3 is 0 Å². The van der Waals surface area contributed by atoms with Crippen LogP contribution in [0, 0.1) is 13.8 Å². The van der Waals surface area contributed by atoms with Crippen molar-refractivity contribution in [1.29, 1.82) is 0 Å². The molecule has 0 saturated carbocycles. The Balaban J connectivity index is 2.10. The molecule has 0 aliphatic rings. The lowest BCUT2D eigenvalue weighted by Crippen LogP contribution is -2.35. The number of aromatic nitrogens is 1. The third-order valence-electron chi connectivity index (χ3n) is 4.22. The summed E-state index contributed by atoms with van der Waals surface area (Å²) in [5, 5.41) is 13.4. The van der Waals surface area contributed by atoms with Crippen LogP contribution in [0.5, 0.6) is 5.75 Å². The lowest BCUT2D eigenvalue weighted by molar-refractivity contribution is 0.0899. The van der Waals surface area contributed by atoms with Crippen molar-refractivity contribution in [3.8, 4) is 5.75 Å². The predicted molar refractivity (Wildman–Crippen MR) is 104 cm³/mol. The molecule has 6 nitrogen and oxygen atoms in total. The third-order valence-corrected chi connectivity index (χ3v) is 4.22. The van der Waals surface area contributed by atoms with Crippen molar-refractivity contribution in [2.75, 3.05) is 6.54 Å². The van der Waals surface area contributed by atoms with E-state index in [4.69, 9.17) is 4.84 Å². The largest absolute Gasteiger partial charge is 0.506 e. The zero-order chi connectivity index (χ0) is 19.6. The Kier molecular flexibility index (Phi) is 5.16. The minimum Gasteiger partial charge on any atom is -0.506 e. The van der Waals surface area contributed by atoms with Gasteiger partial charge in [0.15, 0.2) is 0 Å². The van der Waals surface area contributed by atoms with Gasteiger partial charge in [0.1, 0.15) is 17.9 Å². The van der Waals surface area contributed by atoms with Gasteiger partial charge in [0.05, 0.1) is 5.52 Å². The van der Waals surface area contributed by atoms with Crippen LogP contribution in [0.1, 0.15) is 34.0 Å². The summed E-state index contributed by atoms with van der Waals surface area (Å²) in [6.45, 7) is 6.22. The summed E-state index contributed by atoms with van der Waals surface area (Å²) in [5.41, 5.74) is 2.49. The molecule has 0 unspecified atom stereocenters. The molecule has 0 atom stereocenters. The first-order valence-corrected chi connectivity index (χ1v) is 8.77. The van der Waals surface area contributed by atoms with E-state index in [9.17, 15) is 14.7 Å². The highest BCUT2D eigenvalue weighted by molar-refractivity contribution is 6.02. The lowest BCUT2D eigenvalue weighted by atomic mass is 10.1. The molecule has 0 spiro atoms. The number of carbonyl (C=O) groups is 1. The standard InChI is InChI=1S/C21H22N2O4/c1-4-22-20(25)18-19(24)16-7-5-6-8-17(16)23(21(18)26)27-12-15-10-13(2)9-14(3)11-15/h5-11,24H,4,12H2,1-3H3,(H,22,25). The van der Waals surface area contributed by atoms with Crippen molar-refractivity contribution >= 4 is 16.8 Å². The molecule has 3 aromatic rings. The van der Waals surface area contributed by atoms with Crippen molar-refractivity contribution in [3.05, 3.63) is 75.1 Å². The fourth-order valence-electron chi connectivity index (χ4n) is 3.17. The number of para-hydroxylation sites is 1. The van der Waals surface area contributed by atoms with Crippen LogP contribution in [0.15, 0.2) is 47.3 Å². The topological polar surface area (TPSA) is 80.6 Å². The Labute approximate surface area is 157 Å². The average molecular weight is 366 g/mol. The van der Waals surface area contributed by atoms with Crippen LogP contribution in [-0.2, 0) is 6.61 Å². The van der Waals surface area contributed by atoms with E-state index in [2.05, 4.69) is 11.4 Å². The zero-order valence-electron chi connectivity index (χ0n) is 15.6. The van der Waals surface area contributed by atoms with E-state index in [1.807, 2.05) is 26.0 Å². The average Bonchev–Trinajstić information content (AvgIpc) is 2.61. The number of hydrogen-bond acceptors (Lipinski definition) is 4. The van der Waals surface area contributed by atoms with Crippen molar-refractivity contribution in [2.45, 2.75) is 27.4 Å². The molecule has 140 valence electrons. The third kappa shape index (κ3) is 3.65. The van der Waals surface area contributed by atoms with Crippen LogP contribution in [0.25, 0.3) is 10.9 Å². The quantitative estimate of drug-likeness (QED) is 0.728. The number of amides is 1. The highest BCUT2D eigenvalue weighted by atomic mass is 16.7. The number of carbonyl (C=O) groups excluding carboxylic acids is 1. The van der Waals surface area contributed by atoms with Crippen molar-refractivity contribution < 1.29 is 14.7 Å². The lowest BCUT2D eigenvalue weighted by Gasteiger charge is -2.15. The Morgan fingerprint density at radius 2 is 1.81 bits per heavy atom. The summed E-state index contributed by atoms with van der Waals surface area (Å²) in [7, 11) is 0. The summed E-state index contributed by atoms with van der Waals surface area (Å²) in [4.78, 5) is 31.0. The Morgan fingerprint density at radius 3 is 2.48 bits per heavy atom. The number of aryl methyl sites for hydroxylation is 2. The Morgan fingerprint density at radius 1 is 1.15 bits per heavy atom. The first-order chi connectivity index (χ1) is 12.9. The molecule has 0 aliphatic heterocycles. The highest BCUT2D eigenvalue weighted by Crippen LogP contribution is 2.25. The van der Waals surface area contributed by atoms with E-state index in [0.29, 0.717) is 17.4 Å². The van der Waals surface area contributed by atoms with Crippen molar-refractivity contribution in [1.82, 2.24) is 10.0 Å². The molecule has 3 rings (SSSR count). The van der Waals surface area contributed by atoms with Gasteiger partial charge in [0.2, 0.25) is 0 Å². The summed E-state index contributed by atoms with van der Waals surface area (Å²) >= 11 is 0. The maximum absolute atomic E-state index is 12.9. The van der Waals surface area contributed by atoms with Crippen LogP contribution in [0.4, 0.5) is 0 Å². The normalized spacial score (nSPS) is 10.8. The number of fused-ring (bicyclic) bond motifs is 1. The first kappa shape index (κ1) is 18.5. The maximum atomic E-state index is 12.9. The van der Waals surface area contributed by atoms with E-state index in [1.54, 1.807) is 31.2 Å². The summed E-state index contributed by atoms with van der Waals surface area (Å²) in [6, 6.07) is 12.8. The molecule has 2 aromatic carbocycles. The van der Waals surface area contributed by atoms with Crippen LogP contribution >= 0.6 is 0 Å². The molecule has 0 radical (unpaired) electrons. The maximum Gasteiger partial charge on any atom is 0.300 e. The second kappa shape index (κ2) is 7.53. The SMILES string of the molecule is CCNC(=O)c1c(O)c2ccccc2n(OCc2cc(C)cc(C)c2)c1=O. The fourth-order valence-corrected chi connectivity index (χ4v) is 3.17.